The Labute approximate surface area is 116 Å². The van der Waals surface area contributed by atoms with Crippen molar-refractivity contribution in [2.75, 3.05) is 19.8 Å². The van der Waals surface area contributed by atoms with Crippen LogP contribution in [0.5, 0.6) is 0 Å². The van der Waals surface area contributed by atoms with Crippen molar-refractivity contribution in [3.63, 3.8) is 0 Å². The molecule has 0 heterocycles. The molecule has 0 saturated heterocycles. The fourth-order valence-electron chi connectivity index (χ4n) is 2.78. The predicted molar refractivity (Wildman–Crippen MR) is 76.0 cm³/mol. The van der Waals surface area contributed by atoms with Crippen molar-refractivity contribution < 1.29 is 14.6 Å². The molecular formula is C15H29NO3. The Bertz CT molecular complexity index is 250. The lowest BCUT2D eigenvalue weighted by atomic mass is 9.82. The molecule has 1 aliphatic carbocycles. The third kappa shape index (κ3) is 6.39. The molecule has 0 aromatic carbocycles. The number of carbonyl (C=O) groups excluding carboxylic acids is 1. The second-order valence-corrected chi connectivity index (χ2v) is 5.54. The summed E-state index contributed by atoms with van der Waals surface area (Å²) < 4.78 is 4.89. The molecule has 0 atom stereocenters. The minimum Gasteiger partial charge on any atom is -0.466 e. The van der Waals surface area contributed by atoms with E-state index < -0.39 is 0 Å². The van der Waals surface area contributed by atoms with E-state index in [-0.39, 0.29) is 18.1 Å². The zero-order chi connectivity index (χ0) is 14.0. The van der Waals surface area contributed by atoms with Gasteiger partial charge in [0.1, 0.15) is 0 Å². The van der Waals surface area contributed by atoms with Crippen molar-refractivity contribution in [2.24, 2.45) is 0 Å². The van der Waals surface area contributed by atoms with Crippen LogP contribution in [0, 0.1) is 0 Å². The number of aliphatic hydroxyl groups is 1. The summed E-state index contributed by atoms with van der Waals surface area (Å²) in [5, 5.41) is 13.1. The normalized spacial score (nSPS) is 18.2. The minimum atomic E-state index is -0.0884. The van der Waals surface area contributed by atoms with Crippen LogP contribution in [0.3, 0.4) is 0 Å². The standard InChI is InChI=1S/C15H29NO3/c1-2-19-14(18)9-5-3-8-12-16-15(13-17)10-6-4-7-11-15/h16-17H,2-13H2,1H3. The number of carbonyl (C=O) groups is 1. The number of unbranched alkanes of at least 4 members (excludes halogenated alkanes) is 2. The maximum absolute atomic E-state index is 11.1. The maximum atomic E-state index is 11.1. The largest absolute Gasteiger partial charge is 0.466 e. The highest BCUT2D eigenvalue weighted by Crippen LogP contribution is 2.27. The van der Waals surface area contributed by atoms with Crippen LogP contribution in [-0.2, 0) is 9.53 Å². The SMILES string of the molecule is CCOC(=O)CCCCCNC1(CO)CCCCC1. The summed E-state index contributed by atoms with van der Waals surface area (Å²) in [7, 11) is 0. The van der Waals surface area contributed by atoms with Crippen molar-refractivity contribution in [3.8, 4) is 0 Å². The molecule has 0 aromatic rings. The molecule has 0 radical (unpaired) electrons. The summed E-state index contributed by atoms with van der Waals surface area (Å²) in [5.41, 5.74) is -0.0284. The molecule has 1 rings (SSSR count). The van der Waals surface area contributed by atoms with E-state index in [1.807, 2.05) is 6.92 Å². The molecule has 4 heteroatoms. The molecule has 0 unspecified atom stereocenters. The van der Waals surface area contributed by atoms with Gasteiger partial charge in [0, 0.05) is 12.0 Å². The highest BCUT2D eigenvalue weighted by molar-refractivity contribution is 5.69. The van der Waals surface area contributed by atoms with Crippen molar-refractivity contribution in [2.45, 2.75) is 70.3 Å². The third-order valence-electron chi connectivity index (χ3n) is 3.98. The first-order chi connectivity index (χ1) is 9.22. The molecule has 0 aromatic heterocycles. The van der Waals surface area contributed by atoms with Crippen LogP contribution in [0.25, 0.3) is 0 Å². The van der Waals surface area contributed by atoms with Crippen LogP contribution in [0.15, 0.2) is 0 Å². The highest BCUT2D eigenvalue weighted by atomic mass is 16.5. The molecular weight excluding hydrogens is 242 g/mol. The van der Waals surface area contributed by atoms with Crippen LogP contribution in [0.1, 0.15) is 64.7 Å². The van der Waals surface area contributed by atoms with Crippen LogP contribution >= 0.6 is 0 Å². The van der Waals surface area contributed by atoms with Gasteiger partial charge in [-0.1, -0.05) is 25.7 Å². The van der Waals surface area contributed by atoms with Gasteiger partial charge in [0.15, 0.2) is 0 Å². The van der Waals surface area contributed by atoms with Gasteiger partial charge >= 0.3 is 5.97 Å². The number of ether oxygens (including phenoxy) is 1. The van der Waals surface area contributed by atoms with Gasteiger partial charge in [0.25, 0.3) is 0 Å². The van der Waals surface area contributed by atoms with E-state index in [1.165, 1.54) is 19.3 Å². The third-order valence-corrected chi connectivity index (χ3v) is 3.98. The first kappa shape index (κ1) is 16.4. The molecule has 0 amide bonds. The van der Waals surface area contributed by atoms with Crippen LogP contribution in [0.2, 0.25) is 0 Å². The molecule has 112 valence electrons. The Morgan fingerprint density at radius 3 is 2.58 bits per heavy atom. The Balaban J connectivity index is 2.04. The van der Waals surface area contributed by atoms with Crippen molar-refractivity contribution >= 4 is 5.97 Å². The molecule has 19 heavy (non-hydrogen) atoms. The average Bonchev–Trinajstić information content (AvgIpc) is 2.44. The first-order valence-corrected chi connectivity index (χ1v) is 7.74. The summed E-state index contributed by atoms with van der Waals surface area (Å²) >= 11 is 0. The van der Waals surface area contributed by atoms with Crippen molar-refractivity contribution in [1.29, 1.82) is 0 Å². The molecule has 1 fully saturated rings. The second-order valence-electron chi connectivity index (χ2n) is 5.54. The van der Waals surface area contributed by atoms with Gasteiger partial charge in [-0.05, 0) is 39.2 Å². The molecule has 2 N–H and O–H groups in total. The quantitative estimate of drug-likeness (QED) is 0.499. The smallest absolute Gasteiger partial charge is 0.305 e. The number of aliphatic hydroxyl groups excluding tert-OH is 1. The number of hydrogen-bond donors (Lipinski definition) is 2. The van der Waals surface area contributed by atoms with Gasteiger partial charge in [-0.15, -0.1) is 0 Å². The molecule has 1 aliphatic rings. The number of nitrogens with one attached hydrogen (secondary N) is 1. The lowest BCUT2D eigenvalue weighted by Crippen LogP contribution is -2.50. The summed E-state index contributed by atoms with van der Waals surface area (Å²) in [5.74, 6) is -0.0884. The highest BCUT2D eigenvalue weighted by Gasteiger charge is 2.30. The van der Waals surface area contributed by atoms with Crippen molar-refractivity contribution in [3.05, 3.63) is 0 Å². The average molecular weight is 271 g/mol. The maximum Gasteiger partial charge on any atom is 0.305 e. The monoisotopic (exact) mass is 271 g/mol. The first-order valence-electron chi connectivity index (χ1n) is 7.74. The van der Waals surface area contributed by atoms with Gasteiger partial charge in [-0.3, -0.25) is 4.79 Å². The van der Waals surface area contributed by atoms with E-state index in [4.69, 9.17) is 4.74 Å². The summed E-state index contributed by atoms with van der Waals surface area (Å²) in [6, 6.07) is 0. The van der Waals surface area contributed by atoms with Gasteiger partial charge in [0.05, 0.1) is 13.2 Å². The molecule has 0 spiro atoms. The fraction of sp³-hybridized carbons (Fsp3) is 0.933. The van der Waals surface area contributed by atoms with Crippen LogP contribution < -0.4 is 5.32 Å². The molecule has 4 nitrogen and oxygen atoms in total. The molecule has 0 aliphatic heterocycles. The number of esters is 1. The Kier molecular flexibility index (Phi) is 8.07. The minimum absolute atomic E-state index is 0.0284. The van der Waals surface area contributed by atoms with E-state index >= 15 is 0 Å². The van der Waals surface area contributed by atoms with E-state index in [2.05, 4.69) is 5.32 Å². The van der Waals surface area contributed by atoms with Gasteiger partial charge in [-0.25, -0.2) is 0 Å². The van der Waals surface area contributed by atoms with Crippen molar-refractivity contribution in [1.82, 2.24) is 5.32 Å². The zero-order valence-corrected chi connectivity index (χ0v) is 12.2. The van der Waals surface area contributed by atoms with Crippen LogP contribution in [-0.4, -0.2) is 36.4 Å². The second kappa shape index (κ2) is 9.32. The Hall–Kier alpha value is -0.610. The van der Waals surface area contributed by atoms with Gasteiger partial charge in [-0.2, -0.15) is 0 Å². The lowest BCUT2D eigenvalue weighted by molar-refractivity contribution is -0.143. The summed E-state index contributed by atoms with van der Waals surface area (Å²) in [4.78, 5) is 11.1. The van der Waals surface area contributed by atoms with Gasteiger partial charge < -0.3 is 15.2 Å². The predicted octanol–water partition coefficient (Wildman–Crippen LogP) is 2.39. The molecule has 1 saturated carbocycles. The topological polar surface area (TPSA) is 58.6 Å². The number of rotatable bonds is 9. The fourth-order valence-corrected chi connectivity index (χ4v) is 2.78. The molecule has 0 bridgehead atoms. The Morgan fingerprint density at radius 1 is 1.21 bits per heavy atom. The zero-order valence-electron chi connectivity index (χ0n) is 12.2. The van der Waals surface area contributed by atoms with E-state index in [0.717, 1.165) is 38.6 Å². The summed E-state index contributed by atoms with van der Waals surface area (Å²) in [6.45, 7) is 3.49. The van der Waals surface area contributed by atoms with E-state index in [1.54, 1.807) is 0 Å². The van der Waals surface area contributed by atoms with Gasteiger partial charge in [0.2, 0.25) is 0 Å². The van der Waals surface area contributed by atoms with E-state index in [0.29, 0.717) is 13.0 Å². The lowest BCUT2D eigenvalue weighted by Gasteiger charge is -2.36. The van der Waals surface area contributed by atoms with E-state index in [9.17, 15) is 9.90 Å². The summed E-state index contributed by atoms with van der Waals surface area (Å²) in [6.07, 6.45) is 9.43. The van der Waals surface area contributed by atoms with Crippen LogP contribution in [0.4, 0.5) is 0 Å². The Morgan fingerprint density at radius 2 is 1.95 bits per heavy atom. The number of hydrogen-bond acceptors (Lipinski definition) is 4.